The van der Waals surface area contributed by atoms with Gasteiger partial charge in [-0.15, -0.1) is 0 Å². The number of hydrogen-bond donors (Lipinski definition) is 1. The average Bonchev–Trinajstić information content (AvgIpc) is 3.19. The molecule has 0 amide bonds. The standard InChI is InChI=1S/C25H30ClN3O2/c1-18-27-13-14-29(18)23-10-6-9-22(25(23)30)28(2)16-20-15-21(26)11-12-24(20)31-17-19-7-4-3-5-8-19/h3-5,7-8,11-15,22-23,25,30H,6,9-10,16-17H2,1-2H3/t22-,23-,25-/m1/s1. The van der Waals surface area contributed by atoms with Crippen molar-refractivity contribution in [3.05, 3.63) is 82.9 Å². The fraction of sp³-hybridized carbons (Fsp3) is 0.400. The molecule has 1 aliphatic carbocycles. The highest BCUT2D eigenvalue weighted by atomic mass is 35.5. The summed E-state index contributed by atoms with van der Waals surface area (Å²) in [6, 6.07) is 16.0. The number of aliphatic hydroxyl groups excluding tert-OH is 1. The third-order valence-electron chi connectivity index (χ3n) is 6.25. The van der Waals surface area contributed by atoms with Crippen molar-refractivity contribution in [2.45, 2.75) is 57.5 Å². The fourth-order valence-corrected chi connectivity index (χ4v) is 4.79. The van der Waals surface area contributed by atoms with Crippen LogP contribution in [-0.4, -0.2) is 38.8 Å². The van der Waals surface area contributed by atoms with Crippen LogP contribution >= 0.6 is 11.6 Å². The van der Waals surface area contributed by atoms with Gasteiger partial charge in [0.25, 0.3) is 0 Å². The van der Waals surface area contributed by atoms with Gasteiger partial charge in [-0.2, -0.15) is 0 Å². The maximum atomic E-state index is 11.2. The summed E-state index contributed by atoms with van der Waals surface area (Å²) in [5.41, 5.74) is 2.15. The van der Waals surface area contributed by atoms with Gasteiger partial charge >= 0.3 is 0 Å². The molecule has 1 fully saturated rings. The van der Waals surface area contributed by atoms with Crippen LogP contribution < -0.4 is 4.74 Å². The molecule has 0 radical (unpaired) electrons. The van der Waals surface area contributed by atoms with Gasteiger partial charge in [0, 0.05) is 35.6 Å². The Balaban J connectivity index is 1.48. The van der Waals surface area contributed by atoms with E-state index in [-0.39, 0.29) is 12.1 Å². The van der Waals surface area contributed by atoms with E-state index in [0.717, 1.165) is 42.0 Å². The van der Waals surface area contributed by atoms with Crippen molar-refractivity contribution in [3.63, 3.8) is 0 Å². The Bertz CT molecular complexity index is 991. The second kappa shape index (κ2) is 9.86. The minimum atomic E-state index is -0.459. The maximum absolute atomic E-state index is 11.2. The molecule has 1 N–H and O–H groups in total. The molecule has 0 spiro atoms. The van der Waals surface area contributed by atoms with Crippen molar-refractivity contribution >= 4 is 11.6 Å². The van der Waals surface area contributed by atoms with Crippen LogP contribution in [0.2, 0.25) is 5.02 Å². The number of benzene rings is 2. The van der Waals surface area contributed by atoms with Crippen molar-refractivity contribution in [1.29, 1.82) is 0 Å². The first-order chi connectivity index (χ1) is 15.0. The van der Waals surface area contributed by atoms with Gasteiger partial charge in [0.15, 0.2) is 0 Å². The quantitative estimate of drug-likeness (QED) is 0.562. The van der Waals surface area contributed by atoms with Crippen LogP contribution in [0.4, 0.5) is 0 Å². The van der Waals surface area contributed by atoms with Crippen LogP contribution in [0.1, 0.15) is 42.3 Å². The first-order valence-corrected chi connectivity index (χ1v) is 11.2. The third kappa shape index (κ3) is 5.12. The monoisotopic (exact) mass is 439 g/mol. The Morgan fingerprint density at radius 3 is 2.74 bits per heavy atom. The molecule has 31 heavy (non-hydrogen) atoms. The molecule has 0 bridgehead atoms. The molecule has 3 aromatic rings. The number of aliphatic hydroxyl groups is 1. The largest absolute Gasteiger partial charge is 0.489 e. The summed E-state index contributed by atoms with van der Waals surface area (Å²) in [7, 11) is 2.07. The Kier molecular flexibility index (Phi) is 6.96. The zero-order chi connectivity index (χ0) is 21.8. The highest BCUT2D eigenvalue weighted by Crippen LogP contribution is 2.34. The van der Waals surface area contributed by atoms with E-state index in [9.17, 15) is 5.11 Å². The summed E-state index contributed by atoms with van der Waals surface area (Å²) in [6.07, 6.45) is 6.31. The Labute approximate surface area is 189 Å². The van der Waals surface area contributed by atoms with Gasteiger partial charge in [-0.1, -0.05) is 41.9 Å². The minimum Gasteiger partial charge on any atom is -0.489 e. The van der Waals surface area contributed by atoms with Crippen LogP contribution in [0, 0.1) is 6.92 Å². The van der Waals surface area contributed by atoms with Crippen LogP contribution in [0.3, 0.4) is 0 Å². The zero-order valence-electron chi connectivity index (χ0n) is 18.1. The zero-order valence-corrected chi connectivity index (χ0v) is 18.9. The lowest BCUT2D eigenvalue weighted by Gasteiger charge is -2.40. The van der Waals surface area contributed by atoms with Gasteiger partial charge in [-0.3, -0.25) is 4.90 Å². The normalized spacial score (nSPS) is 21.4. The van der Waals surface area contributed by atoms with Crippen LogP contribution in [0.5, 0.6) is 5.75 Å². The number of aryl methyl sites for hydroxylation is 1. The van der Waals surface area contributed by atoms with Crippen molar-refractivity contribution in [2.24, 2.45) is 0 Å². The van der Waals surface area contributed by atoms with Gasteiger partial charge in [-0.25, -0.2) is 4.98 Å². The molecule has 0 saturated heterocycles. The highest BCUT2D eigenvalue weighted by Gasteiger charge is 2.35. The first kappa shape index (κ1) is 21.9. The Morgan fingerprint density at radius 1 is 1.19 bits per heavy atom. The van der Waals surface area contributed by atoms with E-state index in [0.29, 0.717) is 18.2 Å². The van der Waals surface area contributed by atoms with Crippen molar-refractivity contribution in [1.82, 2.24) is 14.5 Å². The lowest BCUT2D eigenvalue weighted by atomic mass is 9.86. The van der Waals surface area contributed by atoms with E-state index < -0.39 is 6.10 Å². The molecule has 4 rings (SSSR count). The predicted octanol–water partition coefficient (Wildman–Crippen LogP) is 5.01. The number of aromatic nitrogens is 2. The predicted molar refractivity (Wildman–Crippen MR) is 123 cm³/mol. The molecule has 3 atom stereocenters. The molecule has 0 aliphatic heterocycles. The van der Waals surface area contributed by atoms with Crippen LogP contribution in [-0.2, 0) is 13.2 Å². The Morgan fingerprint density at radius 2 is 2.00 bits per heavy atom. The molecule has 2 aromatic carbocycles. The van der Waals surface area contributed by atoms with Gasteiger partial charge < -0.3 is 14.4 Å². The smallest absolute Gasteiger partial charge is 0.124 e. The lowest BCUT2D eigenvalue weighted by molar-refractivity contribution is -0.00758. The first-order valence-electron chi connectivity index (χ1n) is 10.9. The number of nitrogens with zero attached hydrogens (tertiary/aromatic N) is 3. The molecule has 1 saturated carbocycles. The molecule has 6 heteroatoms. The van der Waals surface area contributed by atoms with E-state index in [1.807, 2.05) is 49.5 Å². The Hall–Kier alpha value is -2.34. The SMILES string of the molecule is Cc1nccn1[C@@H]1CCC[C@@H](N(C)Cc2cc(Cl)ccc2OCc2ccccc2)[C@H]1O. The van der Waals surface area contributed by atoms with Crippen molar-refractivity contribution in [2.75, 3.05) is 7.05 Å². The van der Waals surface area contributed by atoms with Gasteiger partial charge in [0.1, 0.15) is 18.2 Å². The molecular formula is C25H30ClN3O2. The van der Waals surface area contributed by atoms with E-state index in [1.165, 1.54) is 0 Å². The summed E-state index contributed by atoms with van der Waals surface area (Å²) in [5, 5.41) is 11.9. The number of likely N-dealkylation sites (N-methyl/N-ethyl adjacent to an activating group) is 1. The number of hydrogen-bond acceptors (Lipinski definition) is 4. The molecule has 1 aromatic heterocycles. The third-order valence-corrected chi connectivity index (χ3v) is 6.49. The average molecular weight is 440 g/mol. The molecule has 0 unspecified atom stereocenters. The van der Waals surface area contributed by atoms with Crippen molar-refractivity contribution in [3.8, 4) is 5.75 Å². The van der Waals surface area contributed by atoms with Gasteiger partial charge in [0.05, 0.1) is 12.1 Å². The van der Waals surface area contributed by atoms with E-state index >= 15 is 0 Å². The van der Waals surface area contributed by atoms with Gasteiger partial charge in [0.2, 0.25) is 0 Å². The number of imidazole rings is 1. The molecule has 164 valence electrons. The molecule has 5 nitrogen and oxygen atoms in total. The summed E-state index contributed by atoms with van der Waals surface area (Å²) >= 11 is 6.31. The maximum Gasteiger partial charge on any atom is 0.124 e. The summed E-state index contributed by atoms with van der Waals surface area (Å²) in [4.78, 5) is 6.56. The molecule has 1 heterocycles. The summed E-state index contributed by atoms with van der Waals surface area (Å²) in [5.74, 6) is 1.77. The highest BCUT2D eigenvalue weighted by molar-refractivity contribution is 6.30. The van der Waals surface area contributed by atoms with E-state index in [4.69, 9.17) is 16.3 Å². The van der Waals surface area contributed by atoms with Crippen LogP contribution in [0.25, 0.3) is 0 Å². The number of halogens is 1. The summed E-state index contributed by atoms with van der Waals surface area (Å²) in [6.45, 7) is 3.15. The lowest BCUT2D eigenvalue weighted by Crippen LogP contribution is -2.47. The number of rotatable bonds is 7. The topological polar surface area (TPSA) is 50.5 Å². The van der Waals surface area contributed by atoms with E-state index in [1.54, 1.807) is 6.20 Å². The molecular weight excluding hydrogens is 410 g/mol. The minimum absolute atomic E-state index is 0.0527. The van der Waals surface area contributed by atoms with E-state index in [2.05, 4.69) is 33.6 Å². The second-order valence-electron chi connectivity index (χ2n) is 8.38. The summed E-state index contributed by atoms with van der Waals surface area (Å²) < 4.78 is 8.24. The fourth-order valence-electron chi connectivity index (χ4n) is 4.59. The number of ether oxygens (including phenoxy) is 1. The van der Waals surface area contributed by atoms with Crippen molar-refractivity contribution < 1.29 is 9.84 Å². The molecule has 1 aliphatic rings. The second-order valence-corrected chi connectivity index (χ2v) is 8.82. The van der Waals surface area contributed by atoms with Crippen LogP contribution in [0.15, 0.2) is 60.9 Å². The van der Waals surface area contributed by atoms with Gasteiger partial charge in [-0.05, 0) is 57.0 Å².